The minimum Gasteiger partial charge on any atom is -0.313 e. The molecule has 0 radical (unpaired) electrons. The largest absolute Gasteiger partial charge is 0.313 e. The maximum absolute atomic E-state index is 3.42. The summed E-state index contributed by atoms with van der Waals surface area (Å²) in [6.07, 6.45) is 2.25. The van der Waals surface area contributed by atoms with Gasteiger partial charge in [-0.15, -0.1) is 0 Å². The van der Waals surface area contributed by atoms with Crippen molar-refractivity contribution in [2.24, 2.45) is 0 Å². The number of benzene rings is 2. The average molecular weight is 253 g/mol. The monoisotopic (exact) mass is 253 g/mol. The van der Waals surface area contributed by atoms with Gasteiger partial charge in [-0.2, -0.15) is 0 Å². The van der Waals surface area contributed by atoms with Crippen molar-refractivity contribution in [1.82, 2.24) is 5.32 Å². The Morgan fingerprint density at radius 1 is 0.947 bits per heavy atom. The molecule has 2 aromatic carbocycles. The molecule has 0 spiro atoms. The van der Waals surface area contributed by atoms with Crippen LogP contribution >= 0.6 is 0 Å². The second kappa shape index (κ2) is 6.53. The average Bonchev–Trinajstić information content (AvgIpc) is 2.45. The van der Waals surface area contributed by atoms with Gasteiger partial charge in [0.1, 0.15) is 0 Å². The van der Waals surface area contributed by atoms with Crippen LogP contribution < -0.4 is 5.32 Å². The maximum atomic E-state index is 3.42. The number of hydrogen-bond donors (Lipinski definition) is 1. The Kier molecular flexibility index (Phi) is 4.75. The number of rotatable bonds is 5. The Morgan fingerprint density at radius 2 is 1.68 bits per heavy atom. The first kappa shape index (κ1) is 13.8. The Balaban J connectivity index is 2.06. The topological polar surface area (TPSA) is 12.0 Å². The van der Waals surface area contributed by atoms with Crippen LogP contribution in [0.25, 0.3) is 0 Å². The molecule has 0 aliphatic carbocycles. The van der Waals surface area contributed by atoms with Gasteiger partial charge in [0.05, 0.1) is 0 Å². The van der Waals surface area contributed by atoms with E-state index in [1.54, 1.807) is 0 Å². The third kappa shape index (κ3) is 3.45. The van der Waals surface area contributed by atoms with Crippen molar-refractivity contribution in [3.63, 3.8) is 0 Å². The third-order valence-electron chi connectivity index (χ3n) is 3.97. The van der Waals surface area contributed by atoms with Gasteiger partial charge in [-0.3, -0.25) is 0 Å². The molecule has 0 aliphatic rings. The zero-order valence-corrected chi connectivity index (χ0v) is 12.1. The highest BCUT2D eigenvalue weighted by Crippen LogP contribution is 2.21. The fourth-order valence-corrected chi connectivity index (χ4v) is 2.55. The highest BCUT2D eigenvalue weighted by molar-refractivity contribution is 5.33. The maximum Gasteiger partial charge on any atom is 0.0320 e. The van der Waals surface area contributed by atoms with Gasteiger partial charge in [0.25, 0.3) is 0 Å². The van der Waals surface area contributed by atoms with Gasteiger partial charge in [0.15, 0.2) is 0 Å². The van der Waals surface area contributed by atoms with Crippen molar-refractivity contribution in [2.75, 3.05) is 7.05 Å². The van der Waals surface area contributed by atoms with E-state index >= 15 is 0 Å². The summed E-state index contributed by atoms with van der Waals surface area (Å²) >= 11 is 0. The lowest BCUT2D eigenvalue weighted by molar-refractivity contribution is 0.548. The Morgan fingerprint density at radius 3 is 2.37 bits per heavy atom. The first-order chi connectivity index (χ1) is 9.22. The van der Waals surface area contributed by atoms with E-state index in [0.29, 0.717) is 6.04 Å². The third-order valence-corrected chi connectivity index (χ3v) is 3.97. The summed E-state index contributed by atoms with van der Waals surface area (Å²) in [5.41, 5.74) is 5.66. The van der Waals surface area contributed by atoms with E-state index in [1.807, 2.05) is 7.05 Å². The Labute approximate surface area is 116 Å². The Hall–Kier alpha value is -1.60. The molecule has 1 heteroatoms. The molecule has 2 rings (SSSR count). The van der Waals surface area contributed by atoms with Gasteiger partial charge in [-0.1, -0.05) is 48.5 Å². The fraction of sp³-hybridized carbons (Fsp3) is 0.333. The smallest absolute Gasteiger partial charge is 0.0320 e. The molecule has 1 N–H and O–H groups in total. The van der Waals surface area contributed by atoms with Crippen LogP contribution in [-0.2, 0) is 6.42 Å². The molecule has 100 valence electrons. The zero-order valence-electron chi connectivity index (χ0n) is 12.1. The van der Waals surface area contributed by atoms with Crippen LogP contribution in [0, 0.1) is 13.8 Å². The van der Waals surface area contributed by atoms with E-state index in [9.17, 15) is 0 Å². The van der Waals surface area contributed by atoms with Crippen LogP contribution in [-0.4, -0.2) is 7.05 Å². The van der Waals surface area contributed by atoms with Crippen LogP contribution in [0.15, 0.2) is 48.5 Å². The highest BCUT2D eigenvalue weighted by atomic mass is 14.9. The van der Waals surface area contributed by atoms with Gasteiger partial charge in [0, 0.05) is 6.04 Å². The highest BCUT2D eigenvalue weighted by Gasteiger charge is 2.09. The van der Waals surface area contributed by atoms with Crippen molar-refractivity contribution < 1.29 is 0 Å². The molecule has 19 heavy (non-hydrogen) atoms. The van der Waals surface area contributed by atoms with Crippen LogP contribution in [0.1, 0.15) is 34.7 Å². The summed E-state index contributed by atoms with van der Waals surface area (Å²) in [5.74, 6) is 0. The quantitative estimate of drug-likeness (QED) is 0.842. The van der Waals surface area contributed by atoms with Crippen LogP contribution in [0.4, 0.5) is 0 Å². The molecule has 0 aliphatic heterocycles. The molecule has 1 unspecified atom stereocenters. The second-order valence-corrected chi connectivity index (χ2v) is 5.15. The van der Waals surface area contributed by atoms with Crippen molar-refractivity contribution >= 4 is 0 Å². The summed E-state index contributed by atoms with van der Waals surface area (Å²) in [6.45, 7) is 4.41. The van der Waals surface area contributed by atoms with E-state index in [0.717, 1.165) is 12.8 Å². The summed E-state index contributed by atoms with van der Waals surface area (Å²) in [7, 11) is 2.04. The van der Waals surface area contributed by atoms with Crippen LogP contribution in [0.3, 0.4) is 0 Å². The zero-order chi connectivity index (χ0) is 13.7. The van der Waals surface area contributed by atoms with E-state index in [4.69, 9.17) is 0 Å². The number of nitrogens with one attached hydrogen (secondary N) is 1. The van der Waals surface area contributed by atoms with Gasteiger partial charge < -0.3 is 5.32 Å². The molecule has 0 bridgehead atoms. The van der Waals surface area contributed by atoms with Crippen LogP contribution in [0.2, 0.25) is 0 Å². The molecule has 0 saturated carbocycles. The van der Waals surface area contributed by atoms with Crippen molar-refractivity contribution in [3.8, 4) is 0 Å². The summed E-state index contributed by atoms with van der Waals surface area (Å²) in [5, 5.41) is 3.42. The molecule has 0 amide bonds. The fourth-order valence-electron chi connectivity index (χ4n) is 2.55. The predicted octanol–water partition coefficient (Wildman–Crippen LogP) is 4.20. The predicted molar refractivity (Wildman–Crippen MR) is 82.5 cm³/mol. The van der Waals surface area contributed by atoms with Gasteiger partial charge in [-0.25, -0.2) is 0 Å². The van der Waals surface area contributed by atoms with Gasteiger partial charge in [-0.05, 0) is 56.0 Å². The van der Waals surface area contributed by atoms with Gasteiger partial charge in [0.2, 0.25) is 0 Å². The molecule has 1 nitrogen and oxygen atoms in total. The van der Waals surface area contributed by atoms with E-state index < -0.39 is 0 Å². The minimum atomic E-state index is 0.432. The first-order valence-electron chi connectivity index (χ1n) is 6.99. The lowest BCUT2D eigenvalue weighted by Gasteiger charge is -2.17. The molecule has 0 fully saturated rings. The standard InChI is InChI=1S/C18H23N/c1-14-8-7-11-16(15(14)2)12-13-18(19-3)17-9-5-4-6-10-17/h4-11,18-19H,12-13H2,1-3H3. The van der Waals surface area contributed by atoms with Crippen molar-refractivity contribution in [2.45, 2.75) is 32.7 Å². The number of hydrogen-bond acceptors (Lipinski definition) is 1. The summed E-state index contributed by atoms with van der Waals surface area (Å²) in [6, 6.07) is 17.7. The molecular formula is C18H23N. The first-order valence-corrected chi connectivity index (χ1v) is 6.99. The van der Waals surface area contributed by atoms with E-state index in [1.165, 1.54) is 22.3 Å². The van der Waals surface area contributed by atoms with E-state index in [2.05, 4.69) is 67.7 Å². The van der Waals surface area contributed by atoms with Crippen molar-refractivity contribution in [1.29, 1.82) is 0 Å². The SMILES string of the molecule is CNC(CCc1cccc(C)c1C)c1ccccc1. The van der Waals surface area contributed by atoms with Crippen molar-refractivity contribution in [3.05, 3.63) is 70.8 Å². The normalized spacial score (nSPS) is 12.4. The lowest BCUT2D eigenvalue weighted by atomic mass is 9.95. The summed E-state index contributed by atoms with van der Waals surface area (Å²) < 4.78 is 0. The molecule has 0 saturated heterocycles. The second-order valence-electron chi connectivity index (χ2n) is 5.15. The molecule has 0 heterocycles. The molecule has 0 aromatic heterocycles. The lowest BCUT2D eigenvalue weighted by Crippen LogP contribution is -2.17. The Bertz CT molecular complexity index is 516. The number of aryl methyl sites for hydroxylation is 2. The van der Waals surface area contributed by atoms with E-state index in [-0.39, 0.29) is 0 Å². The molecule has 1 atom stereocenters. The van der Waals surface area contributed by atoms with Crippen LogP contribution in [0.5, 0.6) is 0 Å². The molecule has 2 aromatic rings. The van der Waals surface area contributed by atoms with Gasteiger partial charge >= 0.3 is 0 Å². The molecular weight excluding hydrogens is 230 g/mol. The minimum absolute atomic E-state index is 0.432. The summed E-state index contributed by atoms with van der Waals surface area (Å²) in [4.78, 5) is 0.